The third kappa shape index (κ3) is 6.11. The average Bonchev–Trinajstić information content (AvgIpc) is 3.05. The smallest absolute Gasteiger partial charge is 0.405 e. The molecule has 0 aliphatic carbocycles. The predicted octanol–water partition coefficient (Wildman–Crippen LogP) is 4.87. The van der Waals surface area contributed by atoms with E-state index in [1.807, 2.05) is 17.5 Å². The highest BCUT2D eigenvalue weighted by atomic mass is 32.1. The zero-order valence-corrected chi connectivity index (χ0v) is 14.0. The van der Waals surface area contributed by atoms with Crippen LogP contribution in [0, 0.1) is 0 Å². The fourth-order valence-corrected chi connectivity index (χ4v) is 2.80. The molecule has 1 aromatic carbocycles. The molecule has 3 nitrogen and oxygen atoms in total. The maximum absolute atomic E-state index is 12.4. The summed E-state index contributed by atoms with van der Waals surface area (Å²) in [4.78, 5) is 14.9. The van der Waals surface area contributed by atoms with Crippen molar-refractivity contribution in [1.82, 2.24) is 4.90 Å². The van der Waals surface area contributed by atoms with Gasteiger partial charge in [0.25, 0.3) is 0 Å². The largest absolute Gasteiger partial charge is 0.573 e. The second kappa shape index (κ2) is 8.53. The number of carbonyl (C=O) groups is 1. The molecule has 0 N–H and O–H groups in total. The number of hydrogen-bond donors (Lipinski definition) is 0. The minimum Gasteiger partial charge on any atom is -0.405 e. The molecule has 7 heteroatoms. The van der Waals surface area contributed by atoms with Crippen molar-refractivity contribution >= 4 is 23.3 Å². The van der Waals surface area contributed by atoms with Crippen molar-refractivity contribution in [3.05, 3.63) is 70.9 Å². The number of amides is 1. The van der Waals surface area contributed by atoms with Crippen molar-refractivity contribution < 1.29 is 22.7 Å². The summed E-state index contributed by atoms with van der Waals surface area (Å²) in [5.41, 5.74) is 0.169. The topological polar surface area (TPSA) is 29.5 Å². The van der Waals surface area contributed by atoms with Crippen molar-refractivity contribution in [1.29, 1.82) is 0 Å². The summed E-state index contributed by atoms with van der Waals surface area (Å²) in [7, 11) is 0. The number of thiophene rings is 1. The highest BCUT2D eigenvalue weighted by Crippen LogP contribution is 2.27. The van der Waals surface area contributed by atoms with Crippen LogP contribution >= 0.6 is 11.3 Å². The molecule has 2 rings (SSSR count). The van der Waals surface area contributed by atoms with Crippen molar-refractivity contribution in [2.45, 2.75) is 12.9 Å². The molecule has 0 saturated heterocycles. The molecular formula is C18H16F3NO2S. The van der Waals surface area contributed by atoms with Crippen LogP contribution in [0.15, 0.2) is 60.5 Å². The highest BCUT2D eigenvalue weighted by Gasteiger charge is 2.31. The quantitative estimate of drug-likeness (QED) is 0.516. The van der Waals surface area contributed by atoms with Gasteiger partial charge in [-0.05, 0) is 23.6 Å². The first-order chi connectivity index (χ1) is 11.9. The summed E-state index contributed by atoms with van der Waals surface area (Å²) in [6, 6.07) is 9.44. The lowest BCUT2D eigenvalue weighted by molar-refractivity contribution is -0.274. The van der Waals surface area contributed by atoms with Crippen molar-refractivity contribution in [3.63, 3.8) is 0 Å². The molecule has 2 aromatic rings. The molecule has 25 heavy (non-hydrogen) atoms. The summed E-state index contributed by atoms with van der Waals surface area (Å²) in [5, 5.41) is 1.91. The van der Waals surface area contributed by atoms with Gasteiger partial charge in [-0.25, -0.2) is 0 Å². The van der Waals surface area contributed by atoms with Gasteiger partial charge in [0.05, 0.1) is 6.54 Å². The second-order valence-corrected chi connectivity index (χ2v) is 6.04. The molecular weight excluding hydrogens is 351 g/mol. The molecule has 132 valence electrons. The molecule has 1 heterocycles. The Morgan fingerprint density at radius 3 is 2.64 bits per heavy atom. The van der Waals surface area contributed by atoms with Crippen LogP contribution in [0.3, 0.4) is 0 Å². The van der Waals surface area contributed by atoms with Crippen LogP contribution in [0.25, 0.3) is 6.08 Å². The summed E-state index contributed by atoms with van der Waals surface area (Å²) in [5.74, 6) is -0.678. The molecule has 0 atom stereocenters. The van der Waals surface area contributed by atoms with Gasteiger partial charge in [0.15, 0.2) is 0 Å². The lowest BCUT2D eigenvalue weighted by Gasteiger charge is -2.18. The van der Waals surface area contributed by atoms with Gasteiger partial charge >= 0.3 is 6.36 Å². The van der Waals surface area contributed by atoms with Gasteiger partial charge in [0.1, 0.15) is 5.75 Å². The van der Waals surface area contributed by atoms with Gasteiger partial charge in [-0.2, -0.15) is 0 Å². The van der Waals surface area contributed by atoms with E-state index in [-0.39, 0.29) is 17.2 Å². The van der Waals surface area contributed by atoms with Crippen LogP contribution in [-0.2, 0) is 11.3 Å². The van der Waals surface area contributed by atoms with Gasteiger partial charge in [-0.3, -0.25) is 4.79 Å². The SMILES string of the molecule is C=CCN(Cc1cccs1)C(=O)/C=C/c1ccccc1OC(F)(F)F. The molecule has 0 radical (unpaired) electrons. The third-order valence-electron chi connectivity index (χ3n) is 3.14. The lowest BCUT2D eigenvalue weighted by atomic mass is 10.2. The van der Waals surface area contributed by atoms with E-state index in [2.05, 4.69) is 11.3 Å². The van der Waals surface area contributed by atoms with Crippen LogP contribution in [0.1, 0.15) is 10.4 Å². The van der Waals surface area contributed by atoms with Gasteiger partial charge in [-0.15, -0.1) is 31.1 Å². The Balaban J connectivity index is 2.13. The van der Waals surface area contributed by atoms with Gasteiger partial charge in [-0.1, -0.05) is 30.3 Å². The molecule has 1 amide bonds. The molecule has 0 aliphatic rings. The summed E-state index contributed by atoms with van der Waals surface area (Å²) in [6.45, 7) is 4.37. The van der Waals surface area contributed by atoms with Gasteiger partial charge < -0.3 is 9.64 Å². The minimum atomic E-state index is -4.79. The maximum atomic E-state index is 12.4. The monoisotopic (exact) mass is 367 g/mol. The Labute approximate surface area is 147 Å². The molecule has 0 fully saturated rings. The number of hydrogen-bond acceptors (Lipinski definition) is 3. The Bertz CT molecular complexity index is 739. The fraction of sp³-hybridized carbons (Fsp3) is 0.167. The van der Waals surface area contributed by atoms with Gasteiger partial charge in [0, 0.05) is 23.1 Å². The van der Waals surface area contributed by atoms with Crippen LogP contribution in [-0.4, -0.2) is 23.7 Å². The Hall–Kier alpha value is -2.54. The Morgan fingerprint density at radius 2 is 2.00 bits per heavy atom. The maximum Gasteiger partial charge on any atom is 0.573 e. The van der Waals surface area contributed by atoms with Crippen LogP contribution in [0.2, 0.25) is 0 Å². The third-order valence-corrected chi connectivity index (χ3v) is 4.00. The number of nitrogens with zero attached hydrogens (tertiary/aromatic N) is 1. The van der Waals surface area contributed by atoms with Crippen molar-refractivity contribution in [2.24, 2.45) is 0 Å². The van der Waals surface area contributed by atoms with Gasteiger partial charge in [0.2, 0.25) is 5.91 Å². The Kier molecular flexibility index (Phi) is 6.41. The number of rotatable bonds is 7. The number of carbonyl (C=O) groups excluding carboxylic acids is 1. The average molecular weight is 367 g/mol. The van der Waals surface area contributed by atoms with E-state index < -0.39 is 6.36 Å². The first-order valence-electron chi connectivity index (χ1n) is 7.34. The van der Waals surface area contributed by atoms with Crippen LogP contribution in [0.5, 0.6) is 5.75 Å². The van der Waals surface area contributed by atoms with E-state index >= 15 is 0 Å². The molecule has 0 bridgehead atoms. The molecule has 0 spiro atoms. The lowest BCUT2D eigenvalue weighted by Crippen LogP contribution is -2.28. The summed E-state index contributed by atoms with van der Waals surface area (Å²) in [6.07, 6.45) is -0.647. The standard InChI is InChI=1S/C18H16F3NO2S/c1-2-11-22(13-15-7-5-12-25-15)17(23)10-9-14-6-3-4-8-16(14)24-18(19,20)21/h2-10,12H,1,11,13H2/b10-9+. The van der Waals surface area contributed by atoms with E-state index in [0.717, 1.165) is 4.88 Å². The summed E-state index contributed by atoms with van der Waals surface area (Å²) >= 11 is 1.52. The molecule has 0 aliphatic heterocycles. The zero-order chi connectivity index (χ0) is 18.3. The normalized spacial score (nSPS) is 11.5. The predicted molar refractivity (Wildman–Crippen MR) is 92.1 cm³/mol. The minimum absolute atomic E-state index is 0.169. The molecule has 0 saturated carbocycles. The molecule has 0 unspecified atom stereocenters. The Morgan fingerprint density at radius 1 is 1.24 bits per heavy atom. The number of halogens is 3. The second-order valence-electron chi connectivity index (χ2n) is 5.01. The van der Waals surface area contributed by atoms with E-state index in [0.29, 0.717) is 13.1 Å². The fourth-order valence-electron chi connectivity index (χ4n) is 2.08. The van der Waals surface area contributed by atoms with E-state index in [9.17, 15) is 18.0 Å². The number of benzene rings is 1. The number of ether oxygens (including phenoxy) is 1. The first kappa shape index (κ1) is 18.8. The molecule has 1 aromatic heterocycles. The van der Waals surface area contributed by atoms with Crippen LogP contribution in [0.4, 0.5) is 13.2 Å². The van der Waals surface area contributed by atoms with E-state index in [1.165, 1.54) is 41.7 Å². The van der Waals surface area contributed by atoms with Crippen LogP contribution < -0.4 is 4.74 Å². The number of alkyl halides is 3. The first-order valence-corrected chi connectivity index (χ1v) is 8.22. The zero-order valence-electron chi connectivity index (χ0n) is 13.2. The van der Waals surface area contributed by atoms with E-state index in [4.69, 9.17) is 0 Å². The van der Waals surface area contributed by atoms with E-state index in [1.54, 1.807) is 17.0 Å². The highest BCUT2D eigenvalue weighted by molar-refractivity contribution is 7.09. The van der Waals surface area contributed by atoms with Crippen molar-refractivity contribution in [3.8, 4) is 5.75 Å². The summed E-state index contributed by atoms with van der Waals surface area (Å²) < 4.78 is 41.3. The number of para-hydroxylation sites is 1. The van der Waals surface area contributed by atoms with Crippen molar-refractivity contribution in [2.75, 3.05) is 6.54 Å².